The largest absolute Gasteiger partial charge is 0.494 e. The summed E-state index contributed by atoms with van der Waals surface area (Å²) in [7, 11) is -9.21. The third kappa shape index (κ3) is 7.77. The van der Waals surface area contributed by atoms with Gasteiger partial charge in [0.15, 0.2) is 20.8 Å². The van der Waals surface area contributed by atoms with Gasteiger partial charge in [0, 0.05) is 0 Å². The van der Waals surface area contributed by atoms with Crippen LogP contribution in [0.4, 0.5) is 13.2 Å². The lowest BCUT2D eigenvalue weighted by Gasteiger charge is -2.13. The number of aromatic nitrogens is 3. The highest BCUT2D eigenvalue weighted by molar-refractivity contribution is 7.92. The van der Waals surface area contributed by atoms with Gasteiger partial charge in [-0.3, -0.25) is 4.55 Å². The molecule has 0 aliphatic carbocycles. The molecule has 0 radical (unpaired) electrons. The molecule has 40 heavy (non-hydrogen) atoms. The summed E-state index contributed by atoms with van der Waals surface area (Å²) in [5.41, 5.74) is 2.02. The summed E-state index contributed by atoms with van der Waals surface area (Å²) in [6.45, 7) is 2.67. The van der Waals surface area contributed by atoms with Gasteiger partial charge >= 0.3 is 6.18 Å². The van der Waals surface area contributed by atoms with E-state index in [4.69, 9.17) is 13.7 Å². The van der Waals surface area contributed by atoms with Crippen molar-refractivity contribution in [3.63, 3.8) is 0 Å². The number of hydrogen-bond acceptors (Lipinski definition) is 10. The Balaban J connectivity index is 1.69. The van der Waals surface area contributed by atoms with Gasteiger partial charge in [-0.15, -0.1) is 21.5 Å². The summed E-state index contributed by atoms with van der Waals surface area (Å²) in [4.78, 5) is 4.32. The molecule has 2 heterocycles. The first kappa shape index (κ1) is 29.9. The maximum absolute atomic E-state index is 13.1. The number of alkyl halides is 3. The number of thiazole rings is 1. The molecule has 0 aliphatic heterocycles. The Kier molecular flexibility index (Phi) is 8.82. The van der Waals surface area contributed by atoms with E-state index >= 15 is 0 Å². The van der Waals surface area contributed by atoms with Crippen molar-refractivity contribution in [3.05, 3.63) is 59.3 Å². The van der Waals surface area contributed by atoms with Gasteiger partial charge in [-0.2, -0.15) is 21.6 Å². The number of ether oxygens (including phenoxy) is 1. The smallest absolute Gasteiger partial charge is 0.390 e. The lowest BCUT2D eigenvalue weighted by atomic mass is 10.1. The molecule has 0 aliphatic rings. The average molecular weight is 620 g/mol. The van der Waals surface area contributed by atoms with Crippen LogP contribution < -0.4 is 4.74 Å². The fourth-order valence-electron chi connectivity index (χ4n) is 3.69. The van der Waals surface area contributed by atoms with E-state index in [-0.39, 0.29) is 5.01 Å². The topological polar surface area (TPSA) is 150 Å². The molecule has 1 unspecified atom stereocenters. The number of fused-ring (bicyclic) bond motifs is 1. The van der Waals surface area contributed by atoms with Crippen molar-refractivity contribution in [1.29, 1.82) is 0 Å². The van der Waals surface area contributed by atoms with Gasteiger partial charge in [0.2, 0.25) is 11.8 Å². The second kappa shape index (κ2) is 11.8. The van der Waals surface area contributed by atoms with E-state index < -0.39 is 61.1 Å². The Hall–Kier alpha value is -3.08. The molecule has 216 valence electrons. The zero-order chi connectivity index (χ0) is 29.1. The molecule has 0 amide bonds. The van der Waals surface area contributed by atoms with Crippen LogP contribution in [0.15, 0.2) is 46.9 Å². The number of hydrogen-bond donors (Lipinski definition) is 1. The van der Waals surface area contributed by atoms with E-state index in [0.717, 1.165) is 41.1 Å². The Morgan fingerprint density at radius 3 is 2.40 bits per heavy atom. The first-order chi connectivity index (χ1) is 18.7. The molecule has 4 aromatic rings. The zero-order valence-electron chi connectivity index (χ0n) is 21.0. The summed E-state index contributed by atoms with van der Waals surface area (Å²) in [5, 5.41) is 4.99. The molecule has 16 heteroatoms. The highest BCUT2D eigenvalue weighted by atomic mass is 32.2. The third-order valence-corrected chi connectivity index (χ3v) is 9.39. The molecular formula is C24H24F3N3O7S3. The fourth-order valence-corrected chi connectivity index (χ4v) is 7.20. The van der Waals surface area contributed by atoms with Crippen LogP contribution >= 0.6 is 11.3 Å². The Morgan fingerprint density at radius 2 is 1.75 bits per heavy atom. The first-order valence-electron chi connectivity index (χ1n) is 11.9. The van der Waals surface area contributed by atoms with Gasteiger partial charge in [-0.25, -0.2) is 13.4 Å². The van der Waals surface area contributed by atoms with Gasteiger partial charge < -0.3 is 9.15 Å². The van der Waals surface area contributed by atoms with Crippen LogP contribution in [0.25, 0.3) is 21.3 Å². The highest BCUT2D eigenvalue weighted by Crippen LogP contribution is 2.38. The molecule has 0 saturated carbocycles. The summed E-state index contributed by atoms with van der Waals surface area (Å²) >= 11 is 0.917. The number of sulfone groups is 1. The minimum atomic E-state index is -4.75. The number of unbranched alkanes of at least 4 members (excludes halogenated alkanes) is 1. The van der Waals surface area contributed by atoms with E-state index in [2.05, 4.69) is 22.1 Å². The molecule has 2 aromatic heterocycles. The van der Waals surface area contributed by atoms with Gasteiger partial charge in [0.05, 0.1) is 29.0 Å². The lowest BCUT2D eigenvalue weighted by molar-refractivity contribution is -0.129. The average Bonchev–Trinajstić information content (AvgIpc) is 3.48. The number of nitrogens with zero attached hydrogens (tertiary/aromatic N) is 3. The predicted molar refractivity (Wildman–Crippen MR) is 141 cm³/mol. The molecule has 0 saturated heterocycles. The standard InChI is InChI=1S/C24H24F3N3O7S3/c1-2-3-11-36-17-7-4-15(5-8-17)16-6-9-18-19(13-16)38-23(28-18)21(39(31,32)12-10-24(25,26)27)22-30-29-20(37-22)14-40(33,34)35/h4-9,13,21H,2-3,10-12,14H2,1H3,(H,33,34,35). The van der Waals surface area contributed by atoms with E-state index in [1.807, 2.05) is 24.3 Å². The van der Waals surface area contributed by atoms with Crippen LogP contribution in [-0.2, 0) is 25.7 Å². The molecule has 4 rings (SSSR count). The maximum atomic E-state index is 13.1. The Bertz CT molecular complexity index is 1680. The van der Waals surface area contributed by atoms with Crippen LogP contribution in [0.1, 0.15) is 48.2 Å². The second-order valence-electron chi connectivity index (χ2n) is 8.83. The van der Waals surface area contributed by atoms with Crippen molar-refractivity contribution < 1.29 is 43.7 Å². The predicted octanol–water partition coefficient (Wildman–Crippen LogP) is 5.37. The molecule has 0 fully saturated rings. The minimum Gasteiger partial charge on any atom is -0.494 e. The van der Waals surface area contributed by atoms with Gasteiger partial charge in [-0.05, 0) is 41.8 Å². The molecule has 2 aromatic carbocycles. The van der Waals surface area contributed by atoms with E-state index in [9.17, 15) is 30.0 Å². The molecular weight excluding hydrogens is 595 g/mol. The van der Waals surface area contributed by atoms with Crippen molar-refractivity contribution in [2.75, 3.05) is 12.4 Å². The quantitative estimate of drug-likeness (QED) is 0.162. The highest BCUT2D eigenvalue weighted by Gasteiger charge is 2.40. The number of halogens is 3. The van der Waals surface area contributed by atoms with Gasteiger partial charge in [0.1, 0.15) is 10.8 Å². The number of rotatable bonds is 12. The van der Waals surface area contributed by atoms with E-state index in [1.165, 1.54) is 0 Å². The summed E-state index contributed by atoms with van der Waals surface area (Å²) in [6, 6.07) is 12.6. The normalized spacial score (nSPS) is 13.5. The Labute approximate surface area is 231 Å². The van der Waals surface area contributed by atoms with Crippen LogP contribution in [0.5, 0.6) is 5.75 Å². The molecule has 10 nitrogen and oxygen atoms in total. The van der Waals surface area contributed by atoms with Gasteiger partial charge in [0.25, 0.3) is 10.1 Å². The van der Waals surface area contributed by atoms with Crippen molar-refractivity contribution in [3.8, 4) is 16.9 Å². The van der Waals surface area contributed by atoms with Crippen molar-refractivity contribution in [2.45, 2.75) is 43.4 Å². The van der Waals surface area contributed by atoms with Crippen molar-refractivity contribution >= 4 is 41.5 Å². The lowest BCUT2D eigenvalue weighted by Crippen LogP contribution is -2.22. The maximum Gasteiger partial charge on any atom is 0.390 e. The summed E-state index contributed by atoms with van der Waals surface area (Å²) < 4.78 is 108. The van der Waals surface area contributed by atoms with E-state index in [1.54, 1.807) is 18.2 Å². The zero-order valence-corrected chi connectivity index (χ0v) is 23.4. The summed E-state index contributed by atoms with van der Waals surface area (Å²) in [6.07, 6.45) is -4.42. The molecule has 0 spiro atoms. The van der Waals surface area contributed by atoms with E-state index in [0.29, 0.717) is 16.8 Å². The van der Waals surface area contributed by atoms with Crippen LogP contribution in [0, 0.1) is 0 Å². The van der Waals surface area contributed by atoms with Crippen LogP contribution in [0.3, 0.4) is 0 Å². The molecule has 1 N–H and O–H groups in total. The first-order valence-corrected chi connectivity index (χ1v) is 16.1. The summed E-state index contributed by atoms with van der Waals surface area (Å²) in [5.74, 6) is -2.94. The number of benzene rings is 2. The SMILES string of the molecule is CCCCOc1ccc(-c2ccc3nc(C(c4nnc(CS(=O)(=O)O)o4)S(=O)(=O)CCC(F)(F)F)sc3c2)cc1. The van der Waals surface area contributed by atoms with Gasteiger partial charge in [-0.1, -0.05) is 31.5 Å². The Morgan fingerprint density at radius 1 is 1.05 bits per heavy atom. The molecule has 0 bridgehead atoms. The molecule has 1 atom stereocenters. The van der Waals surface area contributed by atoms with Crippen molar-refractivity contribution in [2.24, 2.45) is 0 Å². The van der Waals surface area contributed by atoms with Crippen LogP contribution in [-0.4, -0.2) is 55.1 Å². The fraction of sp³-hybridized carbons (Fsp3) is 0.375. The van der Waals surface area contributed by atoms with Crippen molar-refractivity contribution in [1.82, 2.24) is 15.2 Å². The minimum absolute atomic E-state index is 0.129. The third-order valence-electron chi connectivity index (χ3n) is 5.63. The monoisotopic (exact) mass is 619 g/mol. The second-order valence-corrected chi connectivity index (χ2v) is 13.6. The van der Waals surface area contributed by atoms with Crippen LogP contribution in [0.2, 0.25) is 0 Å².